The number of nitrogens with one attached hydrogen (secondary N) is 1. The first-order chi connectivity index (χ1) is 17.1. The number of hydrogen-bond donors (Lipinski definition) is 2. The Morgan fingerprint density at radius 3 is 2.80 bits per heavy atom. The third-order valence-corrected chi connectivity index (χ3v) is 7.11. The molecule has 35 heavy (non-hydrogen) atoms. The van der Waals surface area contributed by atoms with Gasteiger partial charge in [0.2, 0.25) is 0 Å². The number of nitrogens with zero attached hydrogens (tertiary/aromatic N) is 5. The molecule has 3 N–H and O–H groups in total. The summed E-state index contributed by atoms with van der Waals surface area (Å²) in [5.41, 5.74) is 9.45. The highest BCUT2D eigenvalue weighted by molar-refractivity contribution is 6.00. The van der Waals surface area contributed by atoms with Gasteiger partial charge in [0.1, 0.15) is 23.3 Å². The van der Waals surface area contributed by atoms with Gasteiger partial charge in [-0.1, -0.05) is 0 Å². The molecule has 1 saturated carbocycles. The van der Waals surface area contributed by atoms with E-state index in [9.17, 15) is 4.79 Å². The Labute approximate surface area is 201 Å². The number of carbonyl (C=O) groups excluding carboxylic acids is 1. The second kappa shape index (κ2) is 8.59. The molecular weight excluding hydrogens is 450 g/mol. The van der Waals surface area contributed by atoms with Crippen LogP contribution in [-0.4, -0.2) is 75.7 Å². The molecule has 4 aliphatic rings. The van der Waals surface area contributed by atoms with Crippen LogP contribution in [0.25, 0.3) is 28.3 Å². The average Bonchev–Trinajstić information content (AvgIpc) is 3.59. The standard InChI is InChI=1S/C24H27N7O4/c1-33-19-6-5-16(19)29-24(32)15-10-27-31-21(25)8-17(28-23(15)31)14-9-26-22-13(14)4-3-7-30(22)18-11-35-12-20(18)34-2/h3-4,7-10,16,18-20H,5-6,11-12,25H2,1-2H3,(H,29,32)/t16-,18+,19-,20+/m0/s1. The first-order valence-electron chi connectivity index (χ1n) is 11.6. The van der Waals surface area contributed by atoms with Gasteiger partial charge < -0.3 is 29.8 Å². The van der Waals surface area contributed by atoms with Crippen molar-refractivity contribution in [2.75, 3.05) is 33.2 Å². The number of rotatable bonds is 6. The van der Waals surface area contributed by atoms with Crippen LogP contribution in [0.3, 0.4) is 0 Å². The highest BCUT2D eigenvalue weighted by Crippen LogP contribution is 2.36. The Morgan fingerprint density at radius 1 is 1.17 bits per heavy atom. The molecule has 1 aliphatic carbocycles. The van der Waals surface area contributed by atoms with Crippen molar-refractivity contribution in [3.63, 3.8) is 0 Å². The van der Waals surface area contributed by atoms with E-state index in [1.807, 2.05) is 18.3 Å². The van der Waals surface area contributed by atoms with Crippen molar-refractivity contribution in [2.45, 2.75) is 37.1 Å². The first-order valence-corrected chi connectivity index (χ1v) is 11.6. The van der Waals surface area contributed by atoms with Crippen molar-refractivity contribution in [1.29, 1.82) is 0 Å². The number of anilines is 1. The number of amides is 1. The van der Waals surface area contributed by atoms with Crippen LogP contribution in [0.15, 0.2) is 36.8 Å². The van der Waals surface area contributed by atoms with Crippen LogP contribution >= 0.6 is 0 Å². The molecule has 2 aromatic heterocycles. The van der Waals surface area contributed by atoms with Crippen LogP contribution in [0.5, 0.6) is 0 Å². The van der Waals surface area contributed by atoms with E-state index in [2.05, 4.69) is 15.0 Å². The molecule has 11 nitrogen and oxygen atoms in total. The van der Waals surface area contributed by atoms with Gasteiger partial charge in [-0.25, -0.2) is 9.97 Å². The van der Waals surface area contributed by atoms with E-state index < -0.39 is 0 Å². The molecule has 1 amide bonds. The number of nitrogens with two attached hydrogens (primary N) is 1. The molecule has 0 bridgehead atoms. The Morgan fingerprint density at radius 2 is 2.03 bits per heavy atom. The van der Waals surface area contributed by atoms with Crippen LogP contribution in [-0.2, 0) is 14.2 Å². The number of hydrogen-bond acceptors (Lipinski definition) is 8. The maximum Gasteiger partial charge on any atom is 0.257 e. The Bertz CT molecular complexity index is 1360. The molecule has 2 aromatic rings. The summed E-state index contributed by atoms with van der Waals surface area (Å²) < 4.78 is 20.2. The normalized spacial score (nSPS) is 24.2. The SMILES string of the molecule is CO[C@H]1CC[C@@H]1NC(=O)c1cnn2c(N)cc(-c3cnc4n([C@@H]5COC[C@H]5OC)cccc3-4)nc12. The fourth-order valence-corrected chi connectivity index (χ4v) is 4.98. The summed E-state index contributed by atoms with van der Waals surface area (Å²) in [6.07, 6.45) is 7.07. The number of pyridine rings is 1. The number of ether oxygens (including phenoxy) is 3. The zero-order valence-corrected chi connectivity index (χ0v) is 19.5. The highest BCUT2D eigenvalue weighted by atomic mass is 16.5. The van der Waals surface area contributed by atoms with Crippen molar-refractivity contribution in [3.8, 4) is 22.6 Å². The van der Waals surface area contributed by atoms with Crippen LogP contribution in [0.4, 0.5) is 5.82 Å². The molecule has 4 atom stereocenters. The molecule has 0 unspecified atom stereocenters. The summed E-state index contributed by atoms with van der Waals surface area (Å²) in [5.74, 6) is 0.942. The van der Waals surface area contributed by atoms with Gasteiger partial charge >= 0.3 is 0 Å². The maximum absolute atomic E-state index is 13.0. The zero-order valence-electron chi connectivity index (χ0n) is 19.5. The first kappa shape index (κ1) is 22.0. The van der Waals surface area contributed by atoms with E-state index in [4.69, 9.17) is 29.9 Å². The molecule has 0 radical (unpaired) electrons. The lowest BCUT2D eigenvalue weighted by molar-refractivity contribution is 0.00732. The summed E-state index contributed by atoms with van der Waals surface area (Å²) in [6.45, 7) is 1.10. The summed E-state index contributed by atoms with van der Waals surface area (Å²) in [4.78, 5) is 22.5. The maximum atomic E-state index is 13.0. The quantitative estimate of drug-likeness (QED) is 0.430. The number of fused-ring (bicyclic) bond motifs is 2. The lowest BCUT2D eigenvalue weighted by Gasteiger charge is -2.35. The van der Waals surface area contributed by atoms with Gasteiger partial charge in [0, 0.05) is 43.8 Å². The van der Waals surface area contributed by atoms with Crippen LogP contribution in [0.2, 0.25) is 0 Å². The second-order valence-electron chi connectivity index (χ2n) is 8.99. The Hall–Kier alpha value is -3.54. The monoisotopic (exact) mass is 477 g/mol. The van der Waals surface area contributed by atoms with E-state index in [-0.39, 0.29) is 30.2 Å². The van der Waals surface area contributed by atoms with Crippen molar-refractivity contribution in [3.05, 3.63) is 42.4 Å². The third kappa shape index (κ3) is 3.54. The molecule has 0 spiro atoms. The fourth-order valence-electron chi connectivity index (χ4n) is 4.98. The van der Waals surface area contributed by atoms with Gasteiger partial charge in [0.15, 0.2) is 5.65 Å². The van der Waals surface area contributed by atoms with Crippen molar-refractivity contribution < 1.29 is 19.0 Å². The molecular formula is C24H27N7O4. The third-order valence-electron chi connectivity index (χ3n) is 7.11. The highest BCUT2D eigenvalue weighted by Gasteiger charge is 2.34. The average molecular weight is 478 g/mol. The van der Waals surface area contributed by atoms with Gasteiger partial charge in [-0.2, -0.15) is 9.61 Å². The molecule has 1 saturated heterocycles. The molecule has 3 aliphatic heterocycles. The van der Waals surface area contributed by atoms with Gasteiger partial charge in [-0.15, -0.1) is 0 Å². The molecule has 6 rings (SSSR count). The summed E-state index contributed by atoms with van der Waals surface area (Å²) in [7, 11) is 3.35. The topological polar surface area (TPSA) is 131 Å². The predicted octanol–water partition coefficient (Wildman–Crippen LogP) is 1.77. The van der Waals surface area contributed by atoms with Gasteiger partial charge in [-0.3, -0.25) is 4.79 Å². The van der Waals surface area contributed by atoms with E-state index in [0.717, 1.165) is 29.8 Å². The number of carbonyl (C=O) groups is 1. The van der Waals surface area contributed by atoms with Crippen molar-refractivity contribution in [1.82, 2.24) is 29.5 Å². The van der Waals surface area contributed by atoms with Crippen LogP contribution in [0, 0.1) is 0 Å². The summed E-state index contributed by atoms with van der Waals surface area (Å²) >= 11 is 0. The van der Waals surface area contributed by atoms with Crippen LogP contribution in [0.1, 0.15) is 29.2 Å². The number of nitrogen functional groups attached to an aromatic ring is 1. The second-order valence-corrected chi connectivity index (χ2v) is 8.99. The molecule has 11 heteroatoms. The van der Waals surface area contributed by atoms with Crippen molar-refractivity contribution >= 4 is 17.4 Å². The molecule has 182 valence electrons. The van der Waals surface area contributed by atoms with Gasteiger partial charge in [-0.05, 0) is 25.0 Å². The minimum Gasteiger partial charge on any atom is -0.384 e. The van der Waals surface area contributed by atoms with Crippen molar-refractivity contribution in [2.24, 2.45) is 0 Å². The van der Waals surface area contributed by atoms with E-state index in [1.165, 1.54) is 10.7 Å². The lowest BCUT2D eigenvalue weighted by atomic mass is 9.89. The Kier molecular flexibility index (Phi) is 5.39. The fraction of sp³-hybridized carbons (Fsp3) is 0.417. The molecule has 0 aromatic carbocycles. The van der Waals surface area contributed by atoms with E-state index >= 15 is 0 Å². The van der Waals surface area contributed by atoms with E-state index in [1.54, 1.807) is 26.5 Å². The van der Waals surface area contributed by atoms with Gasteiger partial charge in [0.05, 0.1) is 43.3 Å². The summed E-state index contributed by atoms with van der Waals surface area (Å²) in [6, 6.07) is 5.73. The molecule has 5 heterocycles. The summed E-state index contributed by atoms with van der Waals surface area (Å²) in [5, 5.41) is 7.31. The minimum absolute atomic E-state index is 0.0165. The Balaban J connectivity index is 1.36. The van der Waals surface area contributed by atoms with Crippen LogP contribution < -0.4 is 11.1 Å². The van der Waals surface area contributed by atoms with Gasteiger partial charge in [0.25, 0.3) is 5.91 Å². The number of aromatic nitrogens is 5. The molecule has 2 fully saturated rings. The zero-order chi connectivity index (χ0) is 24.1. The smallest absolute Gasteiger partial charge is 0.257 e. The lowest BCUT2D eigenvalue weighted by Crippen LogP contribution is -2.51. The minimum atomic E-state index is -0.244. The predicted molar refractivity (Wildman–Crippen MR) is 127 cm³/mol. The van der Waals surface area contributed by atoms with E-state index in [0.29, 0.717) is 35.9 Å². The number of methoxy groups -OCH3 is 2. The largest absolute Gasteiger partial charge is 0.384 e.